The fourth-order valence-electron chi connectivity index (χ4n) is 2.56. The largest absolute Gasteiger partial charge is 0.341 e. The van der Waals surface area contributed by atoms with Gasteiger partial charge in [-0.2, -0.15) is 5.10 Å². The van der Waals surface area contributed by atoms with E-state index in [0.29, 0.717) is 13.1 Å². The monoisotopic (exact) mass is 294 g/mol. The smallest absolute Gasteiger partial charge is 0.315 e. The standard InChI is InChI=1S/C13H22N6O2/c1-13(2,17-12(21)14-3)11(20)18-6-4-5-10(7-18)19-9-15-8-16-19/h8-10H,4-7H2,1-3H3,(H2,14,17,21)/t10-/m0/s1. The van der Waals surface area contributed by atoms with Gasteiger partial charge in [0.15, 0.2) is 0 Å². The summed E-state index contributed by atoms with van der Waals surface area (Å²) in [5, 5.41) is 9.29. The Morgan fingerprint density at radius 1 is 1.38 bits per heavy atom. The van der Waals surface area contributed by atoms with E-state index in [1.165, 1.54) is 13.4 Å². The number of piperidine rings is 1. The Morgan fingerprint density at radius 2 is 2.14 bits per heavy atom. The van der Waals surface area contributed by atoms with Gasteiger partial charge in [-0.3, -0.25) is 4.79 Å². The SMILES string of the molecule is CNC(=O)NC(C)(C)C(=O)N1CCC[C@H](n2cncn2)C1. The minimum atomic E-state index is -0.940. The number of carbonyl (C=O) groups excluding carboxylic acids is 2. The molecule has 1 saturated heterocycles. The summed E-state index contributed by atoms with van der Waals surface area (Å²) < 4.78 is 1.79. The Hall–Kier alpha value is -2.12. The van der Waals surface area contributed by atoms with E-state index in [1.54, 1.807) is 29.8 Å². The van der Waals surface area contributed by atoms with Gasteiger partial charge >= 0.3 is 6.03 Å². The number of hydrogen-bond donors (Lipinski definition) is 2. The maximum absolute atomic E-state index is 12.6. The predicted molar refractivity (Wildman–Crippen MR) is 76.5 cm³/mol. The number of nitrogens with zero attached hydrogens (tertiary/aromatic N) is 4. The fraction of sp³-hybridized carbons (Fsp3) is 0.692. The molecule has 3 amide bonds. The summed E-state index contributed by atoms with van der Waals surface area (Å²) in [6.07, 6.45) is 5.05. The first-order valence-corrected chi connectivity index (χ1v) is 7.07. The second-order valence-electron chi connectivity index (χ2n) is 5.75. The van der Waals surface area contributed by atoms with Crippen molar-refractivity contribution in [2.24, 2.45) is 0 Å². The number of likely N-dealkylation sites (tertiary alicyclic amines) is 1. The Balaban J connectivity index is 2.03. The van der Waals surface area contributed by atoms with Crippen molar-refractivity contribution in [2.45, 2.75) is 38.3 Å². The Morgan fingerprint density at radius 3 is 2.76 bits per heavy atom. The van der Waals surface area contributed by atoms with E-state index in [-0.39, 0.29) is 18.0 Å². The summed E-state index contributed by atoms with van der Waals surface area (Å²) in [6, 6.07) is -0.223. The summed E-state index contributed by atoms with van der Waals surface area (Å²) in [7, 11) is 1.53. The minimum Gasteiger partial charge on any atom is -0.341 e. The molecule has 116 valence electrons. The van der Waals surface area contributed by atoms with Crippen LogP contribution in [0.1, 0.15) is 32.7 Å². The van der Waals surface area contributed by atoms with Gasteiger partial charge < -0.3 is 15.5 Å². The molecule has 0 saturated carbocycles. The maximum atomic E-state index is 12.6. The molecule has 0 bridgehead atoms. The molecule has 1 aliphatic heterocycles. The highest BCUT2D eigenvalue weighted by Crippen LogP contribution is 2.22. The van der Waals surface area contributed by atoms with Gasteiger partial charge in [0.2, 0.25) is 5.91 Å². The van der Waals surface area contributed by atoms with Crippen LogP contribution in [0.2, 0.25) is 0 Å². The average molecular weight is 294 g/mol. The summed E-state index contributed by atoms with van der Waals surface area (Å²) in [4.78, 5) is 29.8. The number of carbonyl (C=O) groups is 2. The summed E-state index contributed by atoms with van der Waals surface area (Å²) in [6.45, 7) is 4.71. The van der Waals surface area contributed by atoms with Gasteiger partial charge in [0, 0.05) is 20.1 Å². The lowest BCUT2D eigenvalue weighted by Crippen LogP contribution is -2.59. The topological polar surface area (TPSA) is 92.2 Å². The van der Waals surface area contributed by atoms with Crippen LogP contribution in [0.3, 0.4) is 0 Å². The van der Waals surface area contributed by atoms with E-state index in [4.69, 9.17) is 0 Å². The van der Waals surface area contributed by atoms with Crippen molar-refractivity contribution in [2.75, 3.05) is 20.1 Å². The number of aromatic nitrogens is 3. The molecule has 0 aromatic carbocycles. The van der Waals surface area contributed by atoms with Crippen LogP contribution in [0.25, 0.3) is 0 Å². The summed E-state index contributed by atoms with van der Waals surface area (Å²) in [5.74, 6) is -0.0871. The first kappa shape index (κ1) is 15.3. The number of hydrogen-bond acceptors (Lipinski definition) is 4. The molecule has 1 aromatic rings. The van der Waals surface area contributed by atoms with Crippen LogP contribution in [0.4, 0.5) is 4.79 Å². The lowest BCUT2D eigenvalue weighted by molar-refractivity contribution is -0.138. The van der Waals surface area contributed by atoms with Crippen LogP contribution in [-0.2, 0) is 4.79 Å². The van der Waals surface area contributed by atoms with Crippen LogP contribution in [-0.4, -0.2) is 57.3 Å². The molecule has 0 spiro atoms. The molecule has 21 heavy (non-hydrogen) atoms. The van der Waals surface area contributed by atoms with Crippen molar-refractivity contribution in [3.8, 4) is 0 Å². The fourth-order valence-corrected chi connectivity index (χ4v) is 2.56. The highest BCUT2D eigenvalue weighted by molar-refractivity contribution is 5.90. The summed E-state index contributed by atoms with van der Waals surface area (Å²) in [5.41, 5.74) is -0.940. The van der Waals surface area contributed by atoms with Gasteiger partial charge in [-0.1, -0.05) is 0 Å². The number of nitrogens with one attached hydrogen (secondary N) is 2. The van der Waals surface area contributed by atoms with Gasteiger partial charge in [0.05, 0.1) is 6.04 Å². The zero-order valence-electron chi connectivity index (χ0n) is 12.7. The van der Waals surface area contributed by atoms with E-state index in [1.807, 2.05) is 0 Å². The molecule has 8 nitrogen and oxygen atoms in total. The van der Waals surface area contributed by atoms with E-state index in [2.05, 4.69) is 20.7 Å². The lowest BCUT2D eigenvalue weighted by Gasteiger charge is -2.37. The van der Waals surface area contributed by atoms with Gasteiger partial charge in [-0.25, -0.2) is 14.5 Å². The zero-order chi connectivity index (χ0) is 15.5. The van der Waals surface area contributed by atoms with E-state index < -0.39 is 5.54 Å². The zero-order valence-corrected chi connectivity index (χ0v) is 12.7. The molecule has 1 aliphatic rings. The quantitative estimate of drug-likeness (QED) is 0.830. The van der Waals surface area contributed by atoms with Crippen LogP contribution >= 0.6 is 0 Å². The molecular formula is C13H22N6O2. The van der Waals surface area contributed by atoms with Gasteiger partial charge in [-0.15, -0.1) is 0 Å². The van der Waals surface area contributed by atoms with Crippen molar-refractivity contribution < 1.29 is 9.59 Å². The summed E-state index contributed by atoms with van der Waals surface area (Å²) >= 11 is 0. The average Bonchev–Trinajstić information content (AvgIpc) is 3.00. The van der Waals surface area contributed by atoms with Gasteiger partial charge in [0.25, 0.3) is 0 Å². The third-order valence-corrected chi connectivity index (χ3v) is 3.68. The van der Waals surface area contributed by atoms with Crippen molar-refractivity contribution in [3.63, 3.8) is 0 Å². The van der Waals surface area contributed by atoms with Crippen molar-refractivity contribution in [1.82, 2.24) is 30.3 Å². The highest BCUT2D eigenvalue weighted by atomic mass is 16.2. The lowest BCUT2D eigenvalue weighted by atomic mass is 9.99. The molecule has 2 N–H and O–H groups in total. The van der Waals surface area contributed by atoms with Crippen molar-refractivity contribution >= 4 is 11.9 Å². The van der Waals surface area contributed by atoms with Crippen molar-refractivity contribution in [3.05, 3.63) is 12.7 Å². The van der Waals surface area contributed by atoms with Crippen LogP contribution in [0.15, 0.2) is 12.7 Å². The Bertz CT molecular complexity index is 499. The third kappa shape index (κ3) is 3.50. The van der Waals surface area contributed by atoms with Crippen LogP contribution < -0.4 is 10.6 Å². The predicted octanol–water partition coefficient (Wildman–Crippen LogP) is 0.149. The Kier molecular flexibility index (Phi) is 4.44. The number of amides is 3. The molecular weight excluding hydrogens is 272 g/mol. The highest BCUT2D eigenvalue weighted by Gasteiger charge is 2.36. The first-order valence-electron chi connectivity index (χ1n) is 7.07. The minimum absolute atomic E-state index is 0.0871. The number of urea groups is 1. The molecule has 1 aromatic heterocycles. The molecule has 0 radical (unpaired) electrons. The number of rotatable bonds is 3. The molecule has 1 fully saturated rings. The second-order valence-corrected chi connectivity index (χ2v) is 5.75. The van der Waals surface area contributed by atoms with Gasteiger partial charge in [-0.05, 0) is 26.7 Å². The molecule has 8 heteroatoms. The molecule has 2 rings (SSSR count). The first-order chi connectivity index (χ1) is 9.94. The third-order valence-electron chi connectivity index (χ3n) is 3.68. The van der Waals surface area contributed by atoms with E-state index in [0.717, 1.165) is 12.8 Å². The van der Waals surface area contributed by atoms with Crippen molar-refractivity contribution in [1.29, 1.82) is 0 Å². The Labute approximate surface area is 123 Å². The maximum Gasteiger partial charge on any atom is 0.315 e. The molecule has 0 unspecified atom stereocenters. The normalized spacial score (nSPS) is 19.2. The van der Waals surface area contributed by atoms with E-state index >= 15 is 0 Å². The molecule has 0 aliphatic carbocycles. The van der Waals surface area contributed by atoms with Crippen LogP contribution in [0.5, 0.6) is 0 Å². The second kappa shape index (κ2) is 6.11. The molecule has 1 atom stereocenters. The molecule has 2 heterocycles. The van der Waals surface area contributed by atoms with Crippen LogP contribution in [0, 0.1) is 0 Å². The van der Waals surface area contributed by atoms with E-state index in [9.17, 15) is 9.59 Å². The van der Waals surface area contributed by atoms with Gasteiger partial charge in [0.1, 0.15) is 18.2 Å².